The van der Waals surface area contributed by atoms with Crippen LogP contribution in [-0.2, 0) is 13.7 Å². The summed E-state index contributed by atoms with van der Waals surface area (Å²) in [6.45, 7) is 1.15. The zero-order valence-electron chi connectivity index (χ0n) is 16.1. The molecule has 3 aromatic carbocycles. The molecule has 3 aromatic rings. The topological polar surface area (TPSA) is 43.4 Å². The van der Waals surface area contributed by atoms with Crippen LogP contribution in [0.5, 0.6) is 0 Å². The van der Waals surface area contributed by atoms with E-state index in [-0.39, 0.29) is 0 Å². The van der Waals surface area contributed by atoms with Crippen LogP contribution in [0, 0.1) is 0 Å². The Morgan fingerprint density at radius 3 is 1.40 bits per heavy atom. The first-order chi connectivity index (χ1) is 14.3. The van der Waals surface area contributed by atoms with Crippen LogP contribution in [0.15, 0.2) is 106 Å². The molecule has 0 fully saturated rings. The lowest BCUT2D eigenvalue weighted by Crippen LogP contribution is -2.40. The minimum Gasteiger partial charge on any atom is -0.239 e. The third-order valence-electron chi connectivity index (χ3n) is 4.47. The molecule has 0 aliphatic rings. The molecule has 3 rings (SSSR count). The van der Waals surface area contributed by atoms with Crippen LogP contribution in [0.2, 0.25) is 0 Å². The minimum absolute atomic E-state index is 0.397. The van der Waals surface area contributed by atoms with E-state index in [1.165, 1.54) is 0 Å². The van der Waals surface area contributed by atoms with Gasteiger partial charge in [-0.05, 0) is 53.1 Å². The maximum atomic E-state index is 14.6. The largest absolute Gasteiger partial charge is 0.401 e. The van der Waals surface area contributed by atoms with Gasteiger partial charge < -0.3 is 0 Å². The van der Waals surface area contributed by atoms with Crippen molar-refractivity contribution in [2.45, 2.75) is 39.5 Å². The van der Waals surface area contributed by atoms with Crippen LogP contribution >= 0.6 is 10.3 Å². The SMILES string of the molecule is CCC(F)C(F)(F)S(=O)(=O)OS(c1ccccc1)(c1ccccc1)c1ccccc1. The molecule has 8 heteroatoms. The highest BCUT2D eigenvalue weighted by atomic mass is 32.3. The molecule has 0 heterocycles. The van der Waals surface area contributed by atoms with E-state index in [2.05, 4.69) is 0 Å². The molecule has 3 nitrogen and oxygen atoms in total. The van der Waals surface area contributed by atoms with Gasteiger partial charge in [-0.15, -0.1) is 0 Å². The van der Waals surface area contributed by atoms with Crippen molar-refractivity contribution in [2.24, 2.45) is 0 Å². The van der Waals surface area contributed by atoms with Gasteiger partial charge in [-0.2, -0.15) is 17.2 Å². The second-order valence-corrected chi connectivity index (χ2v) is 11.0. The van der Waals surface area contributed by atoms with E-state index in [0.29, 0.717) is 14.7 Å². The highest BCUT2D eigenvalue weighted by molar-refractivity contribution is 8.33. The van der Waals surface area contributed by atoms with Gasteiger partial charge >= 0.3 is 15.4 Å². The van der Waals surface area contributed by atoms with Crippen LogP contribution < -0.4 is 0 Å². The van der Waals surface area contributed by atoms with E-state index in [1.807, 2.05) is 0 Å². The van der Waals surface area contributed by atoms with E-state index in [4.69, 9.17) is 3.63 Å². The Morgan fingerprint density at radius 1 is 0.767 bits per heavy atom. The average Bonchev–Trinajstić information content (AvgIpc) is 2.78. The number of hydrogen-bond donors (Lipinski definition) is 0. The fourth-order valence-electron chi connectivity index (χ4n) is 2.94. The van der Waals surface area contributed by atoms with Crippen LogP contribution in [0.3, 0.4) is 0 Å². The Balaban J connectivity index is 2.33. The second-order valence-electron chi connectivity index (χ2n) is 6.46. The highest BCUT2D eigenvalue weighted by Gasteiger charge is 2.56. The Morgan fingerprint density at radius 2 is 1.10 bits per heavy atom. The summed E-state index contributed by atoms with van der Waals surface area (Å²) in [6, 6.07) is 24.9. The summed E-state index contributed by atoms with van der Waals surface area (Å²) >= 11 is 0. The summed E-state index contributed by atoms with van der Waals surface area (Å²) in [5.74, 6) is 0. The van der Waals surface area contributed by atoms with E-state index >= 15 is 0 Å². The Bertz CT molecular complexity index is 964. The van der Waals surface area contributed by atoms with Gasteiger partial charge in [0.25, 0.3) is 0 Å². The van der Waals surface area contributed by atoms with Crippen molar-refractivity contribution in [3.63, 3.8) is 0 Å². The van der Waals surface area contributed by atoms with Crippen molar-refractivity contribution in [3.8, 4) is 0 Å². The second kappa shape index (κ2) is 8.83. The molecule has 30 heavy (non-hydrogen) atoms. The van der Waals surface area contributed by atoms with Gasteiger partial charge in [-0.1, -0.05) is 61.5 Å². The average molecular weight is 455 g/mol. The zero-order valence-corrected chi connectivity index (χ0v) is 17.8. The first-order valence-electron chi connectivity index (χ1n) is 9.22. The number of benzene rings is 3. The van der Waals surface area contributed by atoms with E-state index in [0.717, 1.165) is 6.92 Å². The minimum atomic E-state index is -5.64. The van der Waals surface area contributed by atoms with Crippen molar-refractivity contribution < 1.29 is 25.2 Å². The quantitative estimate of drug-likeness (QED) is 0.387. The lowest BCUT2D eigenvalue weighted by Gasteiger charge is -2.40. The number of hydrogen-bond acceptors (Lipinski definition) is 3. The highest BCUT2D eigenvalue weighted by Crippen LogP contribution is 2.70. The molecular formula is C22H21F3O3S2. The molecule has 0 aliphatic heterocycles. The maximum Gasteiger partial charge on any atom is 0.401 e. The molecule has 0 N–H and O–H groups in total. The van der Waals surface area contributed by atoms with Gasteiger partial charge in [0.15, 0.2) is 6.17 Å². The Labute approximate surface area is 176 Å². The van der Waals surface area contributed by atoms with Crippen LogP contribution in [0.25, 0.3) is 0 Å². The third-order valence-corrected chi connectivity index (χ3v) is 9.74. The zero-order chi connectivity index (χ0) is 21.8. The summed E-state index contributed by atoms with van der Waals surface area (Å²) < 4.78 is 74.2. The fourth-order valence-corrected chi connectivity index (χ4v) is 8.23. The van der Waals surface area contributed by atoms with Gasteiger partial charge in [-0.25, -0.2) is 8.02 Å². The van der Waals surface area contributed by atoms with Gasteiger partial charge in [0, 0.05) is 14.7 Å². The molecule has 1 atom stereocenters. The molecule has 160 valence electrons. The van der Waals surface area contributed by atoms with Gasteiger partial charge in [0.05, 0.1) is 0 Å². The summed E-state index contributed by atoms with van der Waals surface area (Å²) in [7, 11) is -8.79. The summed E-state index contributed by atoms with van der Waals surface area (Å²) in [5, 5.41) is -4.70. The van der Waals surface area contributed by atoms with E-state index in [1.54, 1.807) is 91.0 Å². The molecule has 0 saturated heterocycles. The van der Waals surface area contributed by atoms with Gasteiger partial charge in [0.2, 0.25) is 0 Å². The standard InChI is InChI=1S/C22H21F3O3S2/c1-2-21(23)22(24,25)30(26,27)28-29(18-12-6-3-7-13-18,19-14-8-4-9-15-19)20-16-10-5-11-17-20/h3-17,21H,2H2,1H3. The van der Waals surface area contributed by atoms with Crippen molar-refractivity contribution >= 4 is 20.4 Å². The van der Waals surface area contributed by atoms with Gasteiger partial charge in [-0.3, -0.25) is 0 Å². The first kappa shape index (κ1) is 22.4. The maximum absolute atomic E-state index is 14.6. The lowest BCUT2D eigenvalue weighted by atomic mass is 10.3. The number of alkyl halides is 3. The van der Waals surface area contributed by atoms with Crippen molar-refractivity contribution in [3.05, 3.63) is 91.0 Å². The molecule has 0 spiro atoms. The Hall–Kier alpha value is -2.29. The van der Waals surface area contributed by atoms with E-state index < -0.39 is 38.3 Å². The van der Waals surface area contributed by atoms with Crippen LogP contribution in [0.4, 0.5) is 13.2 Å². The summed E-state index contributed by atoms with van der Waals surface area (Å²) in [5.41, 5.74) is 0. The molecule has 0 aliphatic carbocycles. The molecule has 0 aromatic heterocycles. The van der Waals surface area contributed by atoms with Gasteiger partial charge in [0.1, 0.15) is 0 Å². The van der Waals surface area contributed by atoms with Crippen molar-refractivity contribution in [1.29, 1.82) is 0 Å². The molecule has 1 unspecified atom stereocenters. The van der Waals surface area contributed by atoms with Crippen molar-refractivity contribution in [1.82, 2.24) is 0 Å². The lowest BCUT2D eigenvalue weighted by molar-refractivity contribution is -0.00248. The predicted octanol–water partition coefficient (Wildman–Crippen LogP) is 6.57. The molecular weight excluding hydrogens is 433 g/mol. The molecule has 0 saturated carbocycles. The van der Waals surface area contributed by atoms with Crippen LogP contribution in [0.1, 0.15) is 13.3 Å². The normalized spacial score (nSPS) is 14.3. The Kier molecular flexibility index (Phi) is 6.59. The molecule has 0 radical (unpaired) electrons. The number of halogens is 3. The molecule has 0 bridgehead atoms. The monoisotopic (exact) mass is 454 g/mol. The van der Waals surface area contributed by atoms with Crippen LogP contribution in [-0.4, -0.2) is 19.8 Å². The molecule has 0 amide bonds. The fraction of sp³-hybridized carbons (Fsp3) is 0.182. The third kappa shape index (κ3) is 3.99. The van der Waals surface area contributed by atoms with E-state index in [9.17, 15) is 21.6 Å². The summed E-state index contributed by atoms with van der Waals surface area (Å²) in [6.07, 6.45) is -3.55. The first-order valence-corrected chi connectivity index (χ1v) is 12.2. The summed E-state index contributed by atoms with van der Waals surface area (Å²) in [4.78, 5) is 1.19. The predicted molar refractivity (Wildman–Crippen MR) is 112 cm³/mol. The van der Waals surface area contributed by atoms with Crippen molar-refractivity contribution in [2.75, 3.05) is 0 Å². The number of rotatable bonds is 8. The smallest absolute Gasteiger partial charge is 0.239 e.